The van der Waals surface area contributed by atoms with Crippen molar-refractivity contribution in [2.45, 2.75) is 6.42 Å². The highest BCUT2D eigenvalue weighted by Crippen LogP contribution is 2.24. The van der Waals surface area contributed by atoms with Crippen molar-refractivity contribution in [1.29, 1.82) is 0 Å². The Morgan fingerprint density at radius 3 is 2.79 bits per heavy atom. The van der Waals surface area contributed by atoms with E-state index in [2.05, 4.69) is 20.6 Å². The Labute approximate surface area is 115 Å². The number of nitrogen functional groups attached to an aromatic ring is 1. The van der Waals surface area contributed by atoms with Crippen LogP contribution >= 0.6 is 11.3 Å². The van der Waals surface area contributed by atoms with Crippen molar-refractivity contribution in [3.63, 3.8) is 0 Å². The molecule has 1 amide bonds. The van der Waals surface area contributed by atoms with Gasteiger partial charge < -0.3 is 16.4 Å². The minimum atomic E-state index is -0.189. The number of nitrogens with two attached hydrogens (primary N) is 1. The SMILES string of the molecule is CNc1nc(N)c(C(=O)NCCc2ccncc2)s1. The van der Waals surface area contributed by atoms with Gasteiger partial charge in [0.2, 0.25) is 0 Å². The topological polar surface area (TPSA) is 92.9 Å². The van der Waals surface area contributed by atoms with E-state index < -0.39 is 0 Å². The summed E-state index contributed by atoms with van der Waals surface area (Å²) in [5, 5.41) is 6.33. The summed E-state index contributed by atoms with van der Waals surface area (Å²) in [4.78, 5) is 20.3. The molecule has 0 aliphatic rings. The Hall–Kier alpha value is -2.15. The second kappa shape index (κ2) is 6.14. The minimum absolute atomic E-state index is 0.189. The minimum Gasteiger partial charge on any atom is -0.382 e. The van der Waals surface area contributed by atoms with Crippen molar-refractivity contribution in [3.05, 3.63) is 35.0 Å². The van der Waals surface area contributed by atoms with E-state index in [0.717, 1.165) is 12.0 Å². The van der Waals surface area contributed by atoms with Gasteiger partial charge in [-0.3, -0.25) is 9.78 Å². The summed E-state index contributed by atoms with van der Waals surface area (Å²) in [7, 11) is 1.74. The molecule has 0 aliphatic heterocycles. The number of rotatable bonds is 5. The molecule has 4 N–H and O–H groups in total. The van der Waals surface area contributed by atoms with Crippen LogP contribution in [0.3, 0.4) is 0 Å². The Morgan fingerprint density at radius 2 is 2.16 bits per heavy atom. The predicted molar refractivity (Wildman–Crippen MR) is 76.3 cm³/mol. The maximum atomic E-state index is 11.9. The quantitative estimate of drug-likeness (QED) is 0.762. The lowest BCUT2D eigenvalue weighted by molar-refractivity contribution is 0.0959. The first kappa shape index (κ1) is 13.3. The summed E-state index contributed by atoms with van der Waals surface area (Å²) in [6.45, 7) is 0.551. The van der Waals surface area contributed by atoms with Gasteiger partial charge in [0.25, 0.3) is 5.91 Å². The highest BCUT2D eigenvalue weighted by molar-refractivity contribution is 7.18. The fourth-order valence-electron chi connectivity index (χ4n) is 1.55. The summed E-state index contributed by atoms with van der Waals surface area (Å²) in [5.74, 6) is 0.0707. The van der Waals surface area contributed by atoms with Gasteiger partial charge in [0, 0.05) is 26.0 Å². The zero-order valence-electron chi connectivity index (χ0n) is 10.5. The monoisotopic (exact) mass is 277 g/mol. The first-order valence-electron chi connectivity index (χ1n) is 5.82. The number of aromatic nitrogens is 2. The van der Waals surface area contributed by atoms with Gasteiger partial charge in [-0.25, -0.2) is 4.98 Å². The Balaban J connectivity index is 1.89. The van der Waals surface area contributed by atoms with Crippen LogP contribution in [0.4, 0.5) is 10.9 Å². The third kappa shape index (κ3) is 3.41. The van der Waals surface area contributed by atoms with Gasteiger partial charge in [-0.1, -0.05) is 11.3 Å². The molecule has 0 bridgehead atoms. The van der Waals surface area contributed by atoms with Crippen molar-refractivity contribution in [2.24, 2.45) is 0 Å². The van der Waals surface area contributed by atoms with E-state index in [-0.39, 0.29) is 11.7 Å². The summed E-state index contributed by atoms with van der Waals surface area (Å²) in [6.07, 6.45) is 4.22. The average molecular weight is 277 g/mol. The van der Waals surface area contributed by atoms with Crippen LogP contribution in [0, 0.1) is 0 Å². The van der Waals surface area contributed by atoms with E-state index >= 15 is 0 Å². The third-order valence-electron chi connectivity index (χ3n) is 2.52. The summed E-state index contributed by atoms with van der Waals surface area (Å²) in [5.41, 5.74) is 6.82. The molecule has 100 valence electrons. The smallest absolute Gasteiger partial charge is 0.265 e. The number of carbonyl (C=O) groups excluding carboxylic acids is 1. The van der Waals surface area contributed by atoms with Crippen molar-refractivity contribution in [3.8, 4) is 0 Å². The molecule has 0 aromatic carbocycles. The molecular formula is C12H15N5OS. The highest BCUT2D eigenvalue weighted by Gasteiger charge is 2.14. The standard InChI is InChI=1S/C12H15N5OS/c1-14-12-17-10(13)9(19-12)11(18)16-7-4-8-2-5-15-6-3-8/h2-3,5-6H,4,7,13H2,1H3,(H,14,17)(H,16,18). The lowest BCUT2D eigenvalue weighted by Gasteiger charge is -2.03. The molecule has 2 aromatic heterocycles. The van der Waals surface area contributed by atoms with Crippen molar-refractivity contribution >= 4 is 28.2 Å². The molecule has 0 saturated carbocycles. The normalized spacial score (nSPS) is 10.2. The zero-order valence-corrected chi connectivity index (χ0v) is 11.3. The number of nitrogens with zero attached hydrogens (tertiary/aromatic N) is 2. The fraction of sp³-hybridized carbons (Fsp3) is 0.250. The molecule has 0 spiro atoms. The number of carbonyl (C=O) groups is 1. The van der Waals surface area contributed by atoms with Crippen molar-refractivity contribution in [1.82, 2.24) is 15.3 Å². The van der Waals surface area contributed by atoms with Crippen molar-refractivity contribution < 1.29 is 4.79 Å². The average Bonchev–Trinajstić information content (AvgIpc) is 2.81. The second-order valence-electron chi connectivity index (χ2n) is 3.84. The molecule has 0 aliphatic carbocycles. The molecule has 7 heteroatoms. The third-order valence-corrected chi connectivity index (χ3v) is 3.61. The molecule has 2 aromatic rings. The van der Waals surface area contributed by atoms with E-state index in [9.17, 15) is 4.79 Å². The van der Waals surface area contributed by atoms with Gasteiger partial charge in [0.15, 0.2) is 5.13 Å². The van der Waals surface area contributed by atoms with Crippen molar-refractivity contribution in [2.75, 3.05) is 24.6 Å². The lowest BCUT2D eigenvalue weighted by atomic mass is 10.2. The molecule has 0 unspecified atom stereocenters. The Morgan fingerprint density at radius 1 is 1.42 bits per heavy atom. The van der Waals surface area contributed by atoms with Gasteiger partial charge in [0.05, 0.1) is 0 Å². The molecule has 19 heavy (non-hydrogen) atoms. The van der Waals surface area contributed by atoms with E-state index in [0.29, 0.717) is 16.6 Å². The van der Waals surface area contributed by atoms with Crippen LogP contribution in [0.25, 0.3) is 0 Å². The Kier molecular flexibility index (Phi) is 4.30. The van der Waals surface area contributed by atoms with Crippen LogP contribution < -0.4 is 16.4 Å². The highest BCUT2D eigenvalue weighted by atomic mass is 32.1. The van der Waals surface area contributed by atoms with Gasteiger partial charge in [-0.15, -0.1) is 0 Å². The first-order valence-corrected chi connectivity index (χ1v) is 6.63. The summed E-state index contributed by atoms with van der Waals surface area (Å²) < 4.78 is 0. The maximum Gasteiger partial charge on any atom is 0.265 e. The largest absolute Gasteiger partial charge is 0.382 e. The number of hydrogen-bond donors (Lipinski definition) is 3. The lowest BCUT2D eigenvalue weighted by Crippen LogP contribution is -2.25. The van der Waals surface area contributed by atoms with Crippen LogP contribution in [-0.4, -0.2) is 29.5 Å². The first-order chi connectivity index (χ1) is 9.20. The Bertz CT molecular complexity index is 555. The van der Waals surface area contributed by atoms with E-state index in [1.54, 1.807) is 19.4 Å². The molecule has 6 nitrogen and oxygen atoms in total. The van der Waals surface area contributed by atoms with E-state index in [1.807, 2.05) is 12.1 Å². The van der Waals surface area contributed by atoms with Crippen LogP contribution in [0.5, 0.6) is 0 Å². The molecule has 2 heterocycles. The zero-order chi connectivity index (χ0) is 13.7. The van der Waals surface area contributed by atoms with Gasteiger partial charge >= 0.3 is 0 Å². The molecule has 0 fully saturated rings. The maximum absolute atomic E-state index is 11.9. The van der Waals surface area contributed by atoms with E-state index in [1.165, 1.54) is 11.3 Å². The van der Waals surface area contributed by atoms with E-state index in [4.69, 9.17) is 5.73 Å². The van der Waals surface area contributed by atoms with Crippen LogP contribution in [0.1, 0.15) is 15.2 Å². The molecule has 2 rings (SSSR count). The number of anilines is 2. The van der Waals surface area contributed by atoms with Gasteiger partial charge in [-0.05, 0) is 24.1 Å². The van der Waals surface area contributed by atoms with Gasteiger partial charge in [0.1, 0.15) is 10.7 Å². The van der Waals surface area contributed by atoms with Crippen LogP contribution in [0.2, 0.25) is 0 Å². The second-order valence-corrected chi connectivity index (χ2v) is 4.84. The van der Waals surface area contributed by atoms with Crippen LogP contribution in [-0.2, 0) is 6.42 Å². The summed E-state index contributed by atoms with van der Waals surface area (Å²) >= 11 is 1.24. The number of nitrogens with one attached hydrogen (secondary N) is 2. The summed E-state index contributed by atoms with van der Waals surface area (Å²) in [6, 6.07) is 3.85. The molecule has 0 radical (unpaired) electrons. The molecular weight excluding hydrogens is 262 g/mol. The number of pyridine rings is 1. The number of thiazole rings is 1. The molecule has 0 saturated heterocycles. The predicted octanol–water partition coefficient (Wildman–Crippen LogP) is 1.13. The fourth-order valence-corrected chi connectivity index (χ4v) is 2.31. The number of hydrogen-bond acceptors (Lipinski definition) is 6. The van der Waals surface area contributed by atoms with Crippen LogP contribution in [0.15, 0.2) is 24.5 Å². The molecule has 0 atom stereocenters. The van der Waals surface area contributed by atoms with Gasteiger partial charge in [-0.2, -0.15) is 0 Å². The number of amides is 1.